The zero-order valence-corrected chi connectivity index (χ0v) is 9.02. The summed E-state index contributed by atoms with van der Waals surface area (Å²) in [5.41, 5.74) is 1.12. The van der Waals surface area contributed by atoms with E-state index < -0.39 is 4.92 Å². The number of nitrogens with one attached hydrogen (secondary N) is 1. The zero-order valence-electron chi connectivity index (χ0n) is 9.02. The van der Waals surface area contributed by atoms with E-state index in [9.17, 15) is 10.1 Å². The molecule has 1 aromatic carbocycles. The van der Waals surface area contributed by atoms with Crippen molar-refractivity contribution in [2.45, 2.75) is 13.8 Å². The Morgan fingerprint density at radius 3 is 2.69 bits per heavy atom. The molecule has 0 aliphatic heterocycles. The number of aromatic nitrogens is 1. The van der Waals surface area contributed by atoms with Crippen molar-refractivity contribution in [2.75, 3.05) is 0 Å². The van der Waals surface area contributed by atoms with Gasteiger partial charge in [-0.2, -0.15) is 5.26 Å². The number of non-ortho nitro benzene ring substituents is 1. The Bertz CT molecular complexity index is 552. The van der Waals surface area contributed by atoms with E-state index in [1.54, 1.807) is 6.07 Å². The summed E-state index contributed by atoms with van der Waals surface area (Å²) in [5, 5.41) is 19.9. The first kappa shape index (κ1) is 11.7. The average Bonchev–Trinajstić information content (AvgIpc) is 2.73. The van der Waals surface area contributed by atoms with Gasteiger partial charge in [0, 0.05) is 23.7 Å². The van der Waals surface area contributed by atoms with E-state index in [4.69, 9.17) is 5.26 Å². The normalized spacial score (nSPS) is 9.06. The van der Waals surface area contributed by atoms with E-state index in [0.717, 1.165) is 0 Å². The molecule has 16 heavy (non-hydrogen) atoms. The molecule has 0 saturated carbocycles. The predicted octanol–water partition coefficient (Wildman–Crippen LogP) is 2.97. The van der Waals surface area contributed by atoms with E-state index in [2.05, 4.69) is 4.98 Å². The van der Waals surface area contributed by atoms with Crippen LogP contribution in [-0.4, -0.2) is 9.91 Å². The van der Waals surface area contributed by atoms with Crippen molar-refractivity contribution in [1.82, 2.24) is 4.98 Å². The Morgan fingerprint density at radius 1 is 1.44 bits per heavy atom. The highest BCUT2D eigenvalue weighted by Gasteiger charge is 2.09. The van der Waals surface area contributed by atoms with Gasteiger partial charge >= 0.3 is 0 Å². The predicted molar refractivity (Wildman–Crippen MR) is 61.0 cm³/mol. The lowest BCUT2D eigenvalue weighted by Gasteiger charge is -1.91. The molecule has 0 radical (unpaired) electrons. The maximum absolute atomic E-state index is 10.4. The van der Waals surface area contributed by atoms with Gasteiger partial charge in [-0.25, -0.2) is 0 Å². The van der Waals surface area contributed by atoms with Crippen molar-refractivity contribution in [3.8, 4) is 6.07 Å². The third kappa shape index (κ3) is 2.01. The van der Waals surface area contributed by atoms with Gasteiger partial charge in [0.25, 0.3) is 5.69 Å². The summed E-state index contributed by atoms with van der Waals surface area (Å²) in [6, 6.07) is 6.37. The molecule has 0 amide bonds. The Labute approximate surface area is 92.5 Å². The van der Waals surface area contributed by atoms with Gasteiger partial charge in [0.05, 0.1) is 16.0 Å². The van der Waals surface area contributed by atoms with Crippen molar-refractivity contribution in [1.29, 1.82) is 5.26 Å². The van der Waals surface area contributed by atoms with Gasteiger partial charge in [0.2, 0.25) is 0 Å². The first-order valence-corrected chi connectivity index (χ1v) is 4.88. The van der Waals surface area contributed by atoms with Crippen LogP contribution in [0, 0.1) is 21.4 Å². The summed E-state index contributed by atoms with van der Waals surface area (Å²) in [6.07, 6.45) is 1.54. The van der Waals surface area contributed by atoms with E-state index in [1.165, 1.54) is 18.3 Å². The largest absolute Gasteiger partial charge is 0.360 e. The number of nitrogens with zero attached hydrogens (tertiary/aromatic N) is 2. The minimum atomic E-state index is -0.466. The molecule has 0 atom stereocenters. The van der Waals surface area contributed by atoms with Crippen LogP contribution in [0.5, 0.6) is 0 Å². The topological polar surface area (TPSA) is 82.7 Å². The number of nitriles is 1. The van der Waals surface area contributed by atoms with Gasteiger partial charge in [-0.15, -0.1) is 0 Å². The Balaban J connectivity index is 0.000000606. The van der Waals surface area contributed by atoms with Gasteiger partial charge in [0.15, 0.2) is 0 Å². The standard InChI is InChI=1S/C9H5N3O2.C2H6/c10-4-6-5-11-9-3-7(12(13)14)1-2-8(6)9;1-2/h1-3,5,11H;1-2H3. The number of rotatable bonds is 1. The highest BCUT2D eigenvalue weighted by Crippen LogP contribution is 2.22. The Hall–Kier alpha value is -2.35. The number of aromatic amines is 1. The van der Waals surface area contributed by atoms with Gasteiger partial charge in [0.1, 0.15) is 6.07 Å². The number of benzene rings is 1. The van der Waals surface area contributed by atoms with Crippen molar-refractivity contribution < 1.29 is 4.92 Å². The number of nitro groups is 1. The maximum Gasteiger partial charge on any atom is 0.271 e. The SMILES string of the molecule is CC.N#Cc1c[nH]c2cc([N+](=O)[O-])ccc12. The Kier molecular flexibility index (Phi) is 3.62. The van der Waals surface area contributed by atoms with Crippen LogP contribution >= 0.6 is 0 Å². The molecule has 0 bridgehead atoms. The molecule has 0 aliphatic carbocycles. The van der Waals surface area contributed by atoms with Crippen molar-refractivity contribution in [3.63, 3.8) is 0 Å². The third-order valence-electron chi connectivity index (χ3n) is 2.00. The van der Waals surface area contributed by atoms with E-state index in [0.29, 0.717) is 16.5 Å². The summed E-state index contributed by atoms with van der Waals surface area (Å²) in [6.45, 7) is 4.00. The molecule has 0 aliphatic rings. The van der Waals surface area contributed by atoms with E-state index >= 15 is 0 Å². The summed E-state index contributed by atoms with van der Waals surface area (Å²) < 4.78 is 0. The summed E-state index contributed by atoms with van der Waals surface area (Å²) in [4.78, 5) is 12.8. The smallest absolute Gasteiger partial charge is 0.271 e. The second-order valence-corrected chi connectivity index (χ2v) is 2.80. The molecule has 1 N–H and O–H groups in total. The molecule has 82 valence electrons. The molecule has 5 heteroatoms. The fourth-order valence-electron chi connectivity index (χ4n) is 1.32. The number of fused-ring (bicyclic) bond motifs is 1. The lowest BCUT2D eigenvalue weighted by atomic mass is 10.2. The van der Waals surface area contributed by atoms with Crippen LogP contribution < -0.4 is 0 Å². The fraction of sp³-hybridized carbons (Fsp3) is 0.182. The summed E-state index contributed by atoms with van der Waals surface area (Å²) in [5.74, 6) is 0. The molecule has 0 fully saturated rings. The van der Waals surface area contributed by atoms with Crippen LogP contribution in [0.15, 0.2) is 24.4 Å². The molecular formula is C11H11N3O2. The van der Waals surface area contributed by atoms with Gasteiger partial charge < -0.3 is 4.98 Å². The van der Waals surface area contributed by atoms with Crippen LogP contribution in [0.3, 0.4) is 0 Å². The molecular weight excluding hydrogens is 206 g/mol. The number of hydrogen-bond donors (Lipinski definition) is 1. The van der Waals surface area contributed by atoms with Gasteiger partial charge in [-0.1, -0.05) is 13.8 Å². The van der Waals surface area contributed by atoms with Crippen LogP contribution in [0.1, 0.15) is 19.4 Å². The quantitative estimate of drug-likeness (QED) is 0.588. The second-order valence-electron chi connectivity index (χ2n) is 2.80. The molecule has 1 heterocycles. The molecule has 0 unspecified atom stereocenters. The molecule has 1 aromatic heterocycles. The van der Waals surface area contributed by atoms with Crippen LogP contribution in [0.25, 0.3) is 10.9 Å². The maximum atomic E-state index is 10.4. The fourth-order valence-corrected chi connectivity index (χ4v) is 1.32. The molecule has 2 rings (SSSR count). The monoisotopic (exact) mass is 217 g/mol. The lowest BCUT2D eigenvalue weighted by molar-refractivity contribution is -0.384. The minimum Gasteiger partial charge on any atom is -0.360 e. The lowest BCUT2D eigenvalue weighted by Crippen LogP contribution is -1.86. The third-order valence-corrected chi connectivity index (χ3v) is 2.00. The number of nitro benzene ring substituents is 1. The molecule has 0 saturated heterocycles. The van der Waals surface area contributed by atoms with Crippen molar-refractivity contribution in [2.24, 2.45) is 0 Å². The number of hydrogen-bond acceptors (Lipinski definition) is 3. The highest BCUT2D eigenvalue weighted by molar-refractivity contribution is 5.87. The van der Waals surface area contributed by atoms with E-state index in [1.807, 2.05) is 19.9 Å². The Morgan fingerprint density at radius 2 is 2.12 bits per heavy atom. The van der Waals surface area contributed by atoms with Gasteiger partial charge in [-0.05, 0) is 6.07 Å². The van der Waals surface area contributed by atoms with Gasteiger partial charge in [-0.3, -0.25) is 10.1 Å². The zero-order chi connectivity index (χ0) is 12.1. The summed E-state index contributed by atoms with van der Waals surface area (Å²) in [7, 11) is 0. The average molecular weight is 217 g/mol. The first-order chi connectivity index (χ1) is 7.72. The molecule has 0 spiro atoms. The van der Waals surface area contributed by atoms with Crippen molar-refractivity contribution >= 4 is 16.6 Å². The molecule has 5 nitrogen and oxygen atoms in total. The van der Waals surface area contributed by atoms with E-state index in [-0.39, 0.29) is 5.69 Å². The van der Waals surface area contributed by atoms with Crippen LogP contribution in [0.4, 0.5) is 5.69 Å². The summed E-state index contributed by atoms with van der Waals surface area (Å²) >= 11 is 0. The first-order valence-electron chi connectivity index (χ1n) is 4.88. The minimum absolute atomic E-state index is 0.0174. The second kappa shape index (κ2) is 4.94. The number of H-pyrrole nitrogens is 1. The van der Waals surface area contributed by atoms with Crippen molar-refractivity contribution in [3.05, 3.63) is 40.1 Å². The van der Waals surface area contributed by atoms with Crippen LogP contribution in [0.2, 0.25) is 0 Å². The highest BCUT2D eigenvalue weighted by atomic mass is 16.6. The molecule has 2 aromatic rings. The van der Waals surface area contributed by atoms with Crippen LogP contribution in [-0.2, 0) is 0 Å².